The van der Waals surface area contributed by atoms with Gasteiger partial charge in [0.05, 0.1) is 6.61 Å². The molecule has 0 aliphatic rings. The molecule has 0 saturated heterocycles. The van der Waals surface area contributed by atoms with E-state index in [2.05, 4.69) is 27.4 Å². The SMILES string of the molecule is C=CCN(CCO)C(=O)CC(N)CC(C)(C)C. The van der Waals surface area contributed by atoms with Gasteiger partial charge >= 0.3 is 0 Å². The molecule has 0 fully saturated rings. The zero-order chi connectivity index (χ0) is 13.5. The van der Waals surface area contributed by atoms with E-state index in [0.29, 0.717) is 19.5 Å². The van der Waals surface area contributed by atoms with E-state index < -0.39 is 0 Å². The van der Waals surface area contributed by atoms with Gasteiger partial charge in [-0.25, -0.2) is 0 Å². The van der Waals surface area contributed by atoms with E-state index in [1.807, 2.05) is 0 Å². The predicted molar refractivity (Wildman–Crippen MR) is 70.5 cm³/mol. The molecule has 1 amide bonds. The molecular formula is C13H26N2O2. The summed E-state index contributed by atoms with van der Waals surface area (Å²) in [5, 5.41) is 8.87. The highest BCUT2D eigenvalue weighted by atomic mass is 16.3. The van der Waals surface area contributed by atoms with E-state index >= 15 is 0 Å². The Morgan fingerprint density at radius 2 is 2.12 bits per heavy atom. The van der Waals surface area contributed by atoms with Crippen LogP contribution in [0.5, 0.6) is 0 Å². The number of amides is 1. The Labute approximate surface area is 104 Å². The van der Waals surface area contributed by atoms with Crippen LogP contribution in [0.4, 0.5) is 0 Å². The van der Waals surface area contributed by atoms with E-state index in [1.165, 1.54) is 0 Å². The van der Waals surface area contributed by atoms with E-state index in [1.54, 1.807) is 11.0 Å². The number of hydrogen-bond donors (Lipinski definition) is 2. The molecule has 0 aromatic carbocycles. The van der Waals surface area contributed by atoms with Gasteiger partial charge in [-0.15, -0.1) is 6.58 Å². The Kier molecular flexibility index (Phi) is 7.07. The smallest absolute Gasteiger partial charge is 0.224 e. The fraction of sp³-hybridized carbons (Fsp3) is 0.769. The van der Waals surface area contributed by atoms with Crippen molar-refractivity contribution < 1.29 is 9.90 Å². The summed E-state index contributed by atoms with van der Waals surface area (Å²) in [6.45, 7) is 10.7. The van der Waals surface area contributed by atoms with E-state index in [9.17, 15) is 4.79 Å². The lowest BCUT2D eigenvalue weighted by atomic mass is 9.87. The largest absolute Gasteiger partial charge is 0.395 e. The fourth-order valence-electron chi connectivity index (χ4n) is 1.81. The van der Waals surface area contributed by atoms with Crippen molar-refractivity contribution in [1.82, 2.24) is 4.90 Å². The number of nitrogens with two attached hydrogens (primary N) is 1. The highest BCUT2D eigenvalue weighted by Crippen LogP contribution is 2.21. The molecule has 0 aromatic heterocycles. The summed E-state index contributed by atoms with van der Waals surface area (Å²) in [6, 6.07) is -0.131. The molecule has 17 heavy (non-hydrogen) atoms. The molecule has 4 heteroatoms. The molecule has 0 radical (unpaired) electrons. The first-order valence-electron chi connectivity index (χ1n) is 6.05. The van der Waals surface area contributed by atoms with Crippen molar-refractivity contribution in [1.29, 1.82) is 0 Å². The number of carbonyl (C=O) groups is 1. The number of carbonyl (C=O) groups excluding carboxylic acids is 1. The van der Waals surface area contributed by atoms with Gasteiger partial charge in [0.2, 0.25) is 5.91 Å². The third-order valence-electron chi connectivity index (χ3n) is 2.38. The van der Waals surface area contributed by atoms with Gasteiger partial charge in [-0.1, -0.05) is 26.8 Å². The molecule has 3 N–H and O–H groups in total. The second-order valence-electron chi connectivity index (χ2n) is 5.58. The van der Waals surface area contributed by atoms with Gasteiger partial charge < -0.3 is 15.7 Å². The average Bonchev–Trinajstić information content (AvgIpc) is 2.14. The summed E-state index contributed by atoms with van der Waals surface area (Å²) in [5.41, 5.74) is 6.08. The maximum atomic E-state index is 11.9. The summed E-state index contributed by atoms with van der Waals surface area (Å²) in [6.07, 6.45) is 2.79. The zero-order valence-electron chi connectivity index (χ0n) is 11.3. The van der Waals surface area contributed by atoms with Crippen molar-refractivity contribution in [2.75, 3.05) is 19.7 Å². The summed E-state index contributed by atoms with van der Waals surface area (Å²) < 4.78 is 0. The Bertz CT molecular complexity index is 246. The van der Waals surface area contributed by atoms with Crippen LogP contribution < -0.4 is 5.73 Å². The minimum absolute atomic E-state index is 0.0179. The molecule has 100 valence electrons. The van der Waals surface area contributed by atoms with E-state index in [0.717, 1.165) is 6.42 Å². The standard InChI is InChI=1S/C13H26N2O2/c1-5-6-15(7-8-16)12(17)9-11(14)10-13(2,3)4/h5,11,16H,1,6-10,14H2,2-4H3. The maximum absolute atomic E-state index is 11.9. The van der Waals surface area contributed by atoms with Gasteiger partial charge in [0.1, 0.15) is 0 Å². The molecule has 0 spiro atoms. The van der Waals surface area contributed by atoms with Crippen LogP contribution in [0.25, 0.3) is 0 Å². The van der Waals surface area contributed by atoms with Crippen LogP contribution in [0, 0.1) is 5.41 Å². The molecule has 0 rings (SSSR count). The normalized spacial score (nSPS) is 13.2. The third-order valence-corrected chi connectivity index (χ3v) is 2.38. The summed E-state index contributed by atoms with van der Waals surface area (Å²) in [7, 11) is 0. The lowest BCUT2D eigenvalue weighted by Gasteiger charge is -2.25. The molecular weight excluding hydrogens is 216 g/mol. The molecule has 0 heterocycles. The van der Waals surface area contributed by atoms with Crippen molar-refractivity contribution in [3.05, 3.63) is 12.7 Å². The predicted octanol–water partition coefficient (Wildman–Crippen LogP) is 1.15. The summed E-state index contributed by atoms with van der Waals surface area (Å²) >= 11 is 0. The van der Waals surface area contributed by atoms with Gasteiger partial charge in [-0.3, -0.25) is 4.79 Å². The summed E-state index contributed by atoms with van der Waals surface area (Å²) in [4.78, 5) is 13.5. The van der Waals surface area contributed by atoms with Crippen LogP contribution in [-0.2, 0) is 4.79 Å². The monoisotopic (exact) mass is 242 g/mol. The van der Waals surface area contributed by atoms with Gasteiger partial charge in [-0.05, 0) is 11.8 Å². The number of rotatable bonds is 7. The molecule has 0 saturated carbocycles. The molecule has 0 aliphatic heterocycles. The van der Waals surface area contributed by atoms with Crippen molar-refractivity contribution in [3.8, 4) is 0 Å². The first kappa shape index (κ1) is 16.1. The lowest BCUT2D eigenvalue weighted by Crippen LogP contribution is -2.38. The second kappa shape index (κ2) is 7.45. The molecule has 0 aromatic rings. The number of aliphatic hydroxyl groups is 1. The number of nitrogens with zero attached hydrogens (tertiary/aromatic N) is 1. The average molecular weight is 242 g/mol. The van der Waals surface area contributed by atoms with E-state index in [4.69, 9.17) is 10.8 Å². The molecule has 1 atom stereocenters. The molecule has 4 nitrogen and oxygen atoms in total. The van der Waals surface area contributed by atoms with Crippen molar-refractivity contribution >= 4 is 5.91 Å². The van der Waals surface area contributed by atoms with Crippen LogP contribution >= 0.6 is 0 Å². The minimum Gasteiger partial charge on any atom is -0.395 e. The highest BCUT2D eigenvalue weighted by molar-refractivity contribution is 5.77. The molecule has 1 unspecified atom stereocenters. The second-order valence-corrected chi connectivity index (χ2v) is 5.58. The van der Waals surface area contributed by atoms with Gasteiger partial charge in [0.15, 0.2) is 0 Å². The first-order valence-corrected chi connectivity index (χ1v) is 6.05. The van der Waals surface area contributed by atoms with Gasteiger partial charge in [0, 0.05) is 25.6 Å². The lowest BCUT2D eigenvalue weighted by molar-refractivity contribution is -0.131. The number of hydrogen-bond acceptors (Lipinski definition) is 3. The van der Waals surface area contributed by atoms with Crippen LogP contribution in [-0.4, -0.2) is 41.7 Å². The van der Waals surface area contributed by atoms with Crippen LogP contribution in [0.3, 0.4) is 0 Å². The Hall–Kier alpha value is -0.870. The zero-order valence-corrected chi connectivity index (χ0v) is 11.3. The van der Waals surface area contributed by atoms with Crippen LogP contribution in [0.15, 0.2) is 12.7 Å². The Morgan fingerprint density at radius 3 is 2.53 bits per heavy atom. The van der Waals surface area contributed by atoms with Crippen molar-refractivity contribution in [2.45, 2.75) is 39.7 Å². The van der Waals surface area contributed by atoms with Crippen LogP contribution in [0.1, 0.15) is 33.6 Å². The fourth-order valence-corrected chi connectivity index (χ4v) is 1.81. The van der Waals surface area contributed by atoms with Crippen molar-refractivity contribution in [2.24, 2.45) is 11.1 Å². The third kappa shape index (κ3) is 7.94. The molecule has 0 aliphatic carbocycles. The topological polar surface area (TPSA) is 66.6 Å². The Morgan fingerprint density at radius 1 is 1.53 bits per heavy atom. The van der Waals surface area contributed by atoms with Gasteiger partial charge in [0.25, 0.3) is 0 Å². The first-order chi connectivity index (χ1) is 7.80. The summed E-state index contributed by atoms with van der Waals surface area (Å²) in [5.74, 6) is -0.0179. The Balaban J connectivity index is 4.24. The van der Waals surface area contributed by atoms with Gasteiger partial charge in [-0.2, -0.15) is 0 Å². The highest BCUT2D eigenvalue weighted by Gasteiger charge is 2.20. The van der Waals surface area contributed by atoms with Crippen LogP contribution in [0.2, 0.25) is 0 Å². The minimum atomic E-state index is -0.131. The molecule has 0 bridgehead atoms. The maximum Gasteiger partial charge on any atom is 0.224 e. The number of aliphatic hydroxyl groups excluding tert-OH is 1. The van der Waals surface area contributed by atoms with Crippen molar-refractivity contribution in [3.63, 3.8) is 0 Å². The van der Waals surface area contributed by atoms with E-state index in [-0.39, 0.29) is 24.0 Å². The quantitative estimate of drug-likeness (QED) is 0.658.